The minimum absolute atomic E-state index is 0.0397. The Morgan fingerprint density at radius 1 is 1.15 bits per heavy atom. The molecule has 2 aromatic carbocycles. The summed E-state index contributed by atoms with van der Waals surface area (Å²) in [7, 11) is 0. The first kappa shape index (κ1) is 13.9. The third-order valence-corrected chi connectivity index (χ3v) is 4.65. The van der Waals surface area contributed by atoms with Gasteiger partial charge in [-0.05, 0) is 41.5 Å². The number of rotatable bonds is 2. The van der Waals surface area contributed by atoms with Crippen molar-refractivity contribution in [1.82, 2.24) is 4.98 Å². The SMILES string of the molecule is O=c1[nH]c2ccc(C(Br)c3cc(Cl)cc(Br)c3)cc2o1. The molecule has 0 aliphatic carbocycles. The summed E-state index contributed by atoms with van der Waals surface area (Å²) in [6.07, 6.45) is 0. The smallest absolute Gasteiger partial charge is 0.408 e. The van der Waals surface area contributed by atoms with E-state index in [4.69, 9.17) is 16.0 Å². The second-order valence-corrected chi connectivity index (χ2v) is 6.60. The maximum Gasteiger partial charge on any atom is 0.417 e. The molecule has 1 heterocycles. The molecule has 0 aliphatic heterocycles. The van der Waals surface area contributed by atoms with E-state index in [0.717, 1.165) is 15.6 Å². The lowest BCUT2D eigenvalue weighted by Gasteiger charge is -2.11. The predicted octanol–water partition coefficient (Wildman–Crippen LogP) is 5.02. The van der Waals surface area contributed by atoms with Crippen LogP contribution in [0, 0.1) is 0 Å². The Hall–Kier alpha value is -1.04. The molecule has 0 saturated heterocycles. The molecule has 0 amide bonds. The first-order valence-corrected chi connectivity index (χ1v) is 7.84. The molecule has 0 bridgehead atoms. The van der Waals surface area contributed by atoms with Crippen molar-refractivity contribution in [2.45, 2.75) is 4.83 Å². The third-order valence-electron chi connectivity index (χ3n) is 2.92. The van der Waals surface area contributed by atoms with Crippen LogP contribution in [0.2, 0.25) is 5.02 Å². The van der Waals surface area contributed by atoms with E-state index in [9.17, 15) is 4.79 Å². The molecular formula is C14H8Br2ClNO2. The predicted molar refractivity (Wildman–Crippen MR) is 86.8 cm³/mol. The number of fused-ring (bicyclic) bond motifs is 1. The molecule has 3 aromatic rings. The normalized spacial score (nSPS) is 12.8. The number of hydrogen-bond acceptors (Lipinski definition) is 2. The molecule has 1 aromatic heterocycles. The highest BCUT2D eigenvalue weighted by Gasteiger charge is 2.13. The Morgan fingerprint density at radius 3 is 2.70 bits per heavy atom. The fraction of sp³-hybridized carbons (Fsp3) is 0.0714. The van der Waals surface area contributed by atoms with Gasteiger partial charge in [0.2, 0.25) is 0 Å². The highest BCUT2D eigenvalue weighted by atomic mass is 79.9. The van der Waals surface area contributed by atoms with Crippen molar-refractivity contribution in [3.8, 4) is 0 Å². The van der Waals surface area contributed by atoms with Gasteiger partial charge in [0.15, 0.2) is 5.58 Å². The fourth-order valence-corrected chi connectivity index (χ4v) is 3.47. The van der Waals surface area contributed by atoms with Crippen LogP contribution in [0.5, 0.6) is 0 Å². The van der Waals surface area contributed by atoms with Gasteiger partial charge < -0.3 is 4.42 Å². The number of halogens is 3. The van der Waals surface area contributed by atoms with Gasteiger partial charge in [0.25, 0.3) is 0 Å². The summed E-state index contributed by atoms with van der Waals surface area (Å²) in [6.45, 7) is 0. The average Bonchev–Trinajstić information content (AvgIpc) is 2.75. The molecule has 0 radical (unpaired) electrons. The molecule has 1 unspecified atom stereocenters. The van der Waals surface area contributed by atoms with E-state index in [-0.39, 0.29) is 4.83 Å². The van der Waals surface area contributed by atoms with Crippen molar-refractivity contribution in [2.24, 2.45) is 0 Å². The van der Waals surface area contributed by atoms with Gasteiger partial charge in [-0.2, -0.15) is 0 Å². The number of nitrogens with one attached hydrogen (secondary N) is 1. The van der Waals surface area contributed by atoms with Gasteiger partial charge in [0.05, 0.1) is 10.3 Å². The Bertz CT molecular complexity index is 820. The largest absolute Gasteiger partial charge is 0.417 e. The summed E-state index contributed by atoms with van der Waals surface area (Å²) < 4.78 is 5.99. The van der Waals surface area contributed by atoms with E-state index >= 15 is 0 Å². The van der Waals surface area contributed by atoms with Gasteiger partial charge in [-0.25, -0.2) is 4.79 Å². The zero-order valence-electron chi connectivity index (χ0n) is 9.99. The summed E-state index contributed by atoms with van der Waals surface area (Å²) in [5.41, 5.74) is 3.22. The Morgan fingerprint density at radius 2 is 1.95 bits per heavy atom. The maximum absolute atomic E-state index is 11.2. The van der Waals surface area contributed by atoms with Crippen molar-refractivity contribution < 1.29 is 4.42 Å². The lowest BCUT2D eigenvalue weighted by Crippen LogP contribution is -1.93. The second kappa shape index (κ2) is 5.39. The number of H-pyrrole nitrogens is 1. The molecule has 0 spiro atoms. The summed E-state index contributed by atoms with van der Waals surface area (Å²) in [6, 6.07) is 11.3. The monoisotopic (exact) mass is 415 g/mol. The van der Waals surface area contributed by atoms with Crippen LogP contribution in [0.25, 0.3) is 11.1 Å². The minimum Gasteiger partial charge on any atom is -0.408 e. The lowest BCUT2D eigenvalue weighted by molar-refractivity contribution is 0.555. The zero-order valence-corrected chi connectivity index (χ0v) is 13.9. The summed E-state index contributed by atoms with van der Waals surface area (Å²) in [5.74, 6) is -0.450. The number of oxazole rings is 1. The highest BCUT2D eigenvalue weighted by molar-refractivity contribution is 9.10. The molecule has 1 atom stereocenters. The van der Waals surface area contributed by atoms with Crippen LogP contribution in [-0.2, 0) is 0 Å². The molecule has 6 heteroatoms. The number of alkyl halides is 1. The number of aromatic nitrogens is 1. The van der Waals surface area contributed by atoms with Crippen molar-refractivity contribution in [3.63, 3.8) is 0 Å². The van der Waals surface area contributed by atoms with Crippen LogP contribution in [-0.4, -0.2) is 4.98 Å². The van der Waals surface area contributed by atoms with Crippen molar-refractivity contribution >= 4 is 54.6 Å². The molecule has 0 saturated carbocycles. The van der Waals surface area contributed by atoms with Gasteiger partial charge in [-0.3, -0.25) is 4.98 Å². The Kier molecular flexibility index (Phi) is 3.75. The van der Waals surface area contributed by atoms with Gasteiger partial charge in [0.1, 0.15) is 0 Å². The molecule has 102 valence electrons. The molecule has 3 nitrogen and oxygen atoms in total. The molecule has 0 aliphatic rings. The standard InChI is InChI=1S/C14H8Br2ClNO2/c15-9-3-8(4-10(17)6-9)13(16)7-1-2-11-12(5-7)20-14(19)18-11/h1-6,13H,(H,18,19). The van der Waals surface area contributed by atoms with E-state index in [1.807, 2.05) is 36.4 Å². The van der Waals surface area contributed by atoms with Crippen LogP contribution in [0.4, 0.5) is 0 Å². The summed E-state index contributed by atoms with van der Waals surface area (Å²) >= 11 is 13.1. The van der Waals surface area contributed by atoms with E-state index in [1.54, 1.807) is 0 Å². The van der Waals surface area contributed by atoms with Crippen LogP contribution >= 0.6 is 43.5 Å². The van der Waals surface area contributed by atoms with Gasteiger partial charge in [0, 0.05) is 9.50 Å². The molecule has 20 heavy (non-hydrogen) atoms. The second-order valence-electron chi connectivity index (χ2n) is 4.34. The zero-order chi connectivity index (χ0) is 14.3. The van der Waals surface area contributed by atoms with E-state index in [0.29, 0.717) is 16.1 Å². The maximum atomic E-state index is 11.2. The molecule has 1 N–H and O–H groups in total. The fourth-order valence-electron chi connectivity index (χ4n) is 2.03. The van der Waals surface area contributed by atoms with E-state index < -0.39 is 5.76 Å². The van der Waals surface area contributed by atoms with Crippen LogP contribution in [0.1, 0.15) is 16.0 Å². The first-order chi connectivity index (χ1) is 9.52. The molecular weight excluding hydrogens is 409 g/mol. The van der Waals surface area contributed by atoms with Gasteiger partial charge >= 0.3 is 5.76 Å². The summed E-state index contributed by atoms with van der Waals surface area (Å²) in [4.78, 5) is 13.7. The van der Waals surface area contributed by atoms with Crippen molar-refractivity contribution in [1.29, 1.82) is 0 Å². The van der Waals surface area contributed by atoms with E-state index in [2.05, 4.69) is 36.8 Å². The van der Waals surface area contributed by atoms with Crippen LogP contribution in [0.15, 0.2) is 50.1 Å². The van der Waals surface area contributed by atoms with Crippen molar-refractivity contribution in [2.75, 3.05) is 0 Å². The van der Waals surface area contributed by atoms with Gasteiger partial charge in [-0.15, -0.1) is 0 Å². The van der Waals surface area contributed by atoms with Gasteiger partial charge in [-0.1, -0.05) is 49.5 Å². The third kappa shape index (κ3) is 2.71. The number of benzene rings is 2. The van der Waals surface area contributed by atoms with Crippen LogP contribution in [0.3, 0.4) is 0 Å². The Labute approximate surface area is 136 Å². The first-order valence-electron chi connectivity index (χ1n) is 5.76. The number of hydrogen-bond donors (Lipinski definition) is 1. The van der Waals surface area contributed by atoms with Crippen LogP contribution < -0.4 is 5.76 Å². The number of aromatic amines is 1. The highest BCUT2D eigenvalue weighted by Crippen LogP contribution is 2.35. The van der Waals surface area contributed by atoms with Crippen molar-refractivity contribution in [3.05, 3.63) is 67.6 Å². The topological polar surface area (TPSA) is 46.0 Å². The minimum atomic E-state index is -0.450. The lowest BCUT2D eigenvalue weighted by atomic mass is 10.0. The quantitative estimate of drug-likeness (QED) is 0.595. The average molecular weight is 417 g/mol. The Balaban J connectivity index is 2.06. The molecule has 0 fully saturated rings. The van der Waals surface area contributed by atoms with E-state index in [1.165, 1.54) is 0 Å². The molecule has 3 rings (SSSR count). The summed E-state index contributed by atoms with van der Waals surface area (Å²) in [5, 5.41) is 0.660.